The molecule has 0 heterocycles. The van der Waals surface area contributed by atoms with Crippen LogP contribution in [0.4, 0.5) is 0 Å². The van der Waals surface area contributed by atoms with Crippen molar-refractivity contribution in [3.05, 3.63) is 27.7 Å². The third kappa shape index (κ3) is 4.08. The topological polar surface area (TPSA) is 33.0 Å². The van der Waals surface area contributed by atoms with E-state index in [1.807, 2.05) is 13.0 Å². The van der Waals surface area contributed by atoms with Gasteiger partial charge in [-0.05, 0) is 30.9 Å². The standard InChI is InChI=1S/C14H17Cl2NO/c1-3-7-18-14-12(10(2)5-4-6-17)8-11(15)9-13(14)16/h8-10H,3-5,7H2,1-2H3. The Hall–Kier alpha value is -0.910. The molecule has 1 rings (SSSR count). The summed E-state index contributed by atoms with van der Waals surface area (Å²) in [6.07, 6.45) is 2.21. The lowest BCUT2D eigenvalue weighted by atomic mass is 9.95. The summed E-state index contributed by atoms with van der Waals surface area (Å²) in [5, 5.41) is 9.79. The van der Waals surface area contributed by atoms with Gasteiger partial charge in [-0.15, -0.1) is 0 Å². The Morgan fingerprint density at radius 1 is 1.39 bits per heavy atom. The second-order valence-electron chi connectivity index (χ2n) is 4.25. The molecule has 0 radical (unpaired) electrons. The van der Waals surface area contributed by atoms with Crippen LogP contribution < -0.4 is 4.74 Å². The first-order valence-electron chi connectivity index (χ1n) is 6.08. The number of nitrogens with zero attached hydrogens (tertiary/aromatic N) is 1. The zero-order valence-corrected chi connectivity index (χ0v) is 12.2. The van der Waals surface area contributed by atoms with E-state index in [0.717, 1.165) is 18.4 Å². The molecule has 0 bridgehead atoms. The fourth-order valence-corrected chi connectivity index (χ4v) is 2.30. The van der Waals surface area contributed by atoms with Crippen molar-refractivity contribution in [1.29, 1.82) is 5.26 Å². The molecule has 0 fully saturated rings. The van der Waals surface area contributed by atoms with Crippen LogP contribution in [0.2, 0.25) is 10.0 Å². The third-order valence-corrected chi connectivity index (χ3v) is 3.21. The summed E-state index contributed by atoms with van der Waals surface area (Å²) in [4.78, 5) is 0. The van der Waals surface area contributed by atoms with Crippen LogP contribution in [0.25, 0.3) is 0 Å². The molecule has 1 aromatic carbocycles. The van der Waals surface area contributed by atoms with Gasteiger partial charge in [-0.25, -0.2) is 0 Å². The zero-order valence-electron chi connectivity index (χ0n) is 10.7. The molecule has 0 saturated heterocycles. The average molecular weight is 286 g/mol. The van der Waals surface area contributed by atoms with E-state index in [9.17, 15) is 0 Å². The van der Waals surface area contributed by atoms with Crippen LogP contribution in [0.1, 0.15) is 44.6 Å². The number of nitriles is 1. The minimum absolute atomic E-state index is 0.202. The summed E-state index contributed by atoms with van der Waals surface area (Å²) < 4.78 is 5.70. The van der Waals surface area contributed by atoms with Crippen LogP contribution in [-0.4, -0.2) is 6.61 Å². The maximum absolute atomic E-state index is 8.65. The second-order valence-corrected chi connectivity index (χ2v) is 5.10. The average Bonchev–Trinajstić information content (AvgIpc) is 2.34. The Kier molecular flexibility index (Phi) is 6.32. The van der Waals surface area contributed by atoms with Crippen molar-refractivity contribution in [3.8, 4) is 11.8 Å². The molecule has 0 N–H and O–H groups in total. The van der Waals surface area contributed by atoms with Gasteiger partial charge in [0.2, 0.25) is 0 Å². The highest BCUT2D eigenvalue weighted by Crippen LogP contribution is 2.38. The molecule has 0 aliphatic rings. The lowest BCUT2D eigenvalue weighted by Gasteiger charge is -2.17. The smallest absolute Gasteiger partial charge is 0.141 e. The Bertz CT molecular complexity index is 440. The first-order valence-corrected chi connectivity index (χ1v) is 6.84. The molecule has 1 atom stereocenters. The third-order valence-electron chi connectivity index (χ3n) is 2.71. The van der Waals surface area contributed by atoms with Crippen LogP contribution in [0.3, 0.4) is 0 Å². The highest BCUT2D eigenvalue weighted by Gasteiger charge is 2.16. The zero-order chi connectivity index (χ0) is 13.5. The lowest BCUT2D eigenvalue weighted by Crippen LogP contribution is -2.03. The van der Waals surface area contributed by atoms with Crippen LogP contribution in [0.5, 0.6) is 5.75 Å². The Balaban J connectivity index is 3.02. The number of hydrogen-bond acceptors (Lipinski definition) is 2. The molecule has 98 valence electrons. The molecule has 0 spiro atoms. The SMILES string of the molecule is CCCOc1c(Cl)cc(Cl)cc1C(C)CCC#N. The summed E-state index contributed by atoms with van der Waals surface area (Å²) in [5.74, 6) is 0.904. The predicted octanol–water partition coefficient (Wildman–Crippen LogP) is 5.19. The maximum Gasteiger partial charge on any atom is 0.141 e. The maximum atomic E-state index is 8.65. The summed E-state index contributed by atoms with van der Waals surface area (Å²) in [5.41, 5.74) is 0.983. The number of rotatable bonds is 6. The largest absolute Gasteiger partial charge is 0.492 e. The molecule has 0 amide bonds. The normalized spacial score (nSPS) is 11.9. The van der Waals surface area contributed by atoms with Gasteiger partial charge in [-0.1, -0.05) is 37.0 Å². The molecule has 0 aliphatic heterocycles. The summed E-state index contributed by atoms with van der Waals surface area (Å²) in [6.45, 7) is 4.72. The summed E-state index contributed by atoms with van der Waals surface area (Å²) in [7, 11) is 0. The van der Waals surface area contributed by atoms with Gasteiger partial charge in [0.1, 0.15) is 5.75 Å². The molecule has 18 heavy (non-hydrogen) atoms. The monoisotopic (exact) mass is 285 g/mol. The minimum atomic E-state index is 0.202. The quantitative estimate of drug-likeness (QED) is 0.721. The Morgan fingerprint density at radius 2 is 2.11 bits per heavy atom. The van der Waals surface area contributed by atoms with Gasteiger partial charge in [0, 0.05) is 17.0 Å². The van der Waals surface area contributed by atoms with Gasteiger partial charge < -0.3 is 4.74 Å². The Morgan fingerprint density at radius 3 is 2.72 bits per heavy atom. The molecule has 1 aromatic rings. The highest BCUT2D eigenvalue weighted by atomic mass is 35.5. The van der Waals surface area contributed by atoms with Crippen molar-refractivity contribution in [2.75, 3.05) is 6.61 Å². The first-order chi connectivity index (χ1) is 8.60. The van der Waals surface area contributed by atoms with Crippen molar-refractivity contribution in [3.63, 3.8) is 0 Å². The second kappa shape index (κ2) is 7.51. The van der Waals surface area contributed by atoms with E-state index in [1.165, 1.54) is 0 Å². The van der Waals surface area contributed by atoms with E-state index in [0.29, 0.717) is 28.8 Å². The predicted molar refractivity (Wildman–Crippen MR) is 75.5 cm³/mol. The van der Waals surface area contributed by atoms with E-state index in [2.05, 4.69) is 13.0 Å². The fourth-order valence-electron chi connectivity index (χ4n) is 1.74. The van der Waals surface area contributed by atoms with Gasteiger partial charge in [-0.3, -0.25) is 0 Å². The van der Waals surface area contributed by atoms with Gasteiger partial charge in [0.25, 0.3) is 0 Å². The van der Waals surface area contributed by atoms with E-state index in [-0.39, 0.29) is 5.92 Å². The Labute approximate surface area is 118 Å². The number of hydrogen-bond donors (Lipinski definition) is 0. The lowest BCUT2D eigenvalue weighted by molar-refractivity contribution is 0.312. The minimum Gasteiger partial charge on any atom is -0.492 e. The molecule has 2 nitrogen and oxygen atoms in total. The number of benzene rings is 1. The molecule has 0 aliphatic carbocycles. The summed E-state index contributed by atoms with van der Waals surface area (Å²) >= 11 is 12.2. The van der Waals surface area contributed by atoms with Crippen molar-refractivity contribution in [1.82, 2.24) is 0 Å². The molecule has 4 heteroatoms. The van der Waals surface area contributed by atoms with Gasteiger partial charge >= 0.3 is 0 Å². The molecule has 0 aromatic heterocycles. The van der Waals surface area contributed by atoms with E-state index < -0.39 is 0 Å². The first kappa shape index (κ1) is 15.1. The summed E-state index contributed by atoms with van der Waals surface area (Å²) in [6, 6.07) is 5.72. The highest BCUT2D eigenvalue weighted by molar-refractivity contribution is 6.35. The molecule has 0 saturated carbocycles. The number of ether oxygens (including phenoxy) is 1. The van der Waals surface area contributed by atoms with Crippen molar-refractivity contribution in [2.24, 2.45) is 0 Å². The molecular formula is C14H17Cl2NO. The fraction of sp³-hybridized carbons (Fsp3) is 0.500. The van der Waals surface area contributed by atoms with E-state index in [4.69, 9.17) is 33.2 Å². The number of halogens is 2. The van der Waals surface area contributed by atoms with Crippen molar-refractivity contribution >= 4 is 23.2 Å². The molecule has 1 unspecified atom stereocenters. The van der Waals surface area contributed by atoms with Crippen LogP contribution in [0.15, 0.2) is 12.1 Å². The van der Waals surface area contributed by atoms with Gasteiger partial charge in [0.15, 0.2) is 0 Å². The van der Waals surface area contributed by atoms with Crippen LogP contribution in [0, 0.1) is 11.3 Å². The van der Waals surface area contributed by atoms with E-state index >= 15 is 0 Å². The van der Waals surface area contributed by atoms with Crippen LogP contribution in [-0.2, 0) is 0 Å². The van der Waals surface area contributed by atoms with Gasteiger partial charge in [0.05, 0.1) is 17.7 Å². The van der Waals surface area contributed by atoms with E-state index in [1.54, 1.807) is 6.07 Å². The van der Waals surface area contributed by atoms with Gasteiger partial charge in [-0.2, -0.15) is 5.26 Å². The van der Waals surface area contributed by atoms with Crippen molar-refractivity contribution < 1.29 is 4.74 Å². The van der Waals surface area contributed by atoms with Crippen molar-refractivity contribution in [2.45, 2.75) is 39.0 Å². The molecular weight excluding hydrogens is 269 g/mol. The van der Waals surface area contributed by atoms with Crippen LogP contribution >= 0.6 is 23.2 Å².